The van der Waals surface area contributed by atoms with Gasteiger partial charge in [-0.2, -0.15) is 0 Å². The maximum atomic E-state index is 5.88. The molecule has 0 amide bonds. The van der Waals surface area contributed by atoms with Crippen LogP contribution in [0.3, 0.4) is 0 Å². The van der Waals surface area contributed by atoms with Gasteiger partial charge in [-0.1, -0.05) is 66.7 Å². The van der Waals surface area contributed by atoms with Crippen molar-refractivity contribution in [1.82, 2.24) is 9.47 Å². The standard InChI is InChI=1S/C26H27N3S/c1-3-28-18-22(23-14-8-10-16-25(23)28)19-29(17-21-12-5-4-6-13-21)26(30)27-24-15-9-7-11-20(24)2/h4-16,18H,3,17,19H2,1-2H3,(H,27,30). The van der Waals surface area contributed by atoms with Crippen molar-refractivity contribution in [2.45, 2.75) is 33.5 Å². The second kappa shape index (κ2) is 9.14. The number of aryl methyl sites for hydroxylation is 2. The van der Waals surface area contributed by atoms with Crippen LogP contribution in [0.4, 0.5) is 5.69 Å². The molecule has 0 unspecified atom stereocenters. The molecule has 0 spiro atoms. The number of thiocarbonyl (C=S) groups is 1. The SMILES string of the molecule is CCn1cc(CN(Cc2ccccc2)C(=S)Nc2ccccc2C)c2ccccc21. The van der Waals surface area contributed by atoms with Gasteiger partial charge in [0, 0.05) is 42.4 Å². The summed E-state index contributed by atoms with van der Waals surface area (Å²) in [6.45, 7) is 6.74. The average Bonchev–Trinajstić information content (AvgIpc) is 3.13. The van der Waals surface area contributed by atoms with Crippen LogP contribution in [0.1, 0.15) is 23.6 Å². The van der Waals surface area contributed by atoms with Gasteiger partial charge < -0.3 is 14.8 Å². The van der Waals surface area contributed by atoms with Crippen LogP contribution in [0.25, 0.3) is 10.9 Å². The Bertz CT molecular complexity index is 1150. The summed E-state index contributed by atoms with van der Waals surface area (Å²) < 4.78 is 2.31. The number of hydrogen-bond acceptors (Lipinski definition) is 1. The van der Waals surface area contributed by atoms with Crippen molar-refractivity contribution in [3.05, 3.63) is 102 Å². The highest BCUT2D eigenvalue weighted by Crippen LogP contribution is 2.24. The van der Waals surface area contributed by atoms with E-state index >= 15 is 0 Å². The van der Waals surface area contributed by atoms with Crippen LogP contribution in [0, 0.1) is 6.92 Å². The summed E-state index contributed by atoms with van der Waals surface area (Å²) in [5.41, 5.74) is 6.04. The molecule has 0 saturated heterocycles. The number of fused-ring (bicyclic) bond motifs is 1. The van der Waals surface area contributed by atoms with Gasteiger partial charge in [-0.3, -0.25) is 0 Å². The Balaban J connectivity index is 1.65. The van der Waals surface area contributed by atoms with Crippen molar-refractivity contribution >= 4 is 33.9 Å². The molecular weight excluding hydrogens is 386 g/mol. The number of para-hydroxylation sites is 2. The zero-order valence-corrected chi connectivity index (χ0v) is 18.3. The van der Waals surface area contributed by atoms with Gasteiger partial charge in [-0.15, -0.1) is 0 Å². The molecule has 0 atom stereocenters. The lowest BCUT2D eigenvalue weighted by atomic mass is 10.1. The highest BCUT2D eigenvalue weighted by molar-refractivity contribution is 7.80. The highest BCUT2D eigenvalue weighted by Gasteiger charge is 2.16. The van der Waals surface area contributed by atoms with Gasteiger partial charge in [0.2, 0.25) is 0 Å². The van der Waals surface area contributed by atoms with Gasteiger partial charge in [-0.05, 0) is 54.9 Å². The minimum Gasteiger partial charge on any atom is -0.347 e. The number of nitrogens with one attached hydrogen (secondary N) is 1. The summed E-state index contributed by atoms with van der Waals surface area (Å²) in [6.07, 6.45) is 2.26. The molecule has 0 aliphatic rings. The fourth-order valence-corrected chi connectivity index (χ4v) is 4.07. The second-order valence-electron chi connectivity index (χ2n) is 7.54. The Morgan fingerprint density at radius 3 is 2.37 bits per heavy atom. The quantitative estimate of drug-likeness (QED) is 0.371. The topological polar surface area (TPSA) is 20.2 Å². The lowest BCUT2D eigenvalue weighted by Crippen LogP contribution is -2.34. The molecule has 4 rings (SSSR count). The van der Waals surface area contributed by atoms with E-state index in [1.165, 1.54) is 27.6 Å². The summed E-state index contributed by atoms with van der Waals surface area (Å²) in [4.78, 5) is 2.25. The number of rotatable bonds is 6. The first-order chi connectivity index (χ1) is 14.7. The average molecular weight is 414 g/mol. The first-order valence-corrected chi connectivity index (χ1v) is 10.8. The summed E-state index contributed by atoms with van der Waals surface area (Å²) in [6, 6.07) is 27.4. The van der Waals surface area contributed by atoms with E-state index in [0.717, 1.165) is 30.4 Å². The van der Waals surface area contributed by atoms with Crippen LogP contribution in [-0.4, -0.2) is 14.6 Å². The predicted molar refractivity (Wildman–Crippen MR) is 131 cm³/mol. The summed E-state index contributed by atoms with van der Waals surface area (Å²) in [5, 5.41) is 5.50. The maximum Gasteiger partial charge on any atom is 0.174 e. The molecule has 0 bridgehead atoms. The molecule has 4 aromatic rings. The van der Waals surface area contributed by atoms with Gasteiger partial charge in [0.05, 0.1) is 0 Å². The summed E-state index contributed by atoms with van der Waals surface area (Å²) >= 11 is 5.88. The molecule has 0 aliphatic carbocycles. The molecule has 1 aromatic heterocycles. The number of anilines is 1. The smallest absolute Gasteiger partial charge is 0.174 e. The molecule has 3 aromatic carbocycles. The fraction of sp³-hybridized carbons (Fsp3) is 0.192. The summed E-state index contributed by atoms with van der Waals surface area (Å²) in [7, 11) is 0. The monoisotopic (exact) mass is 413 g/mol. The zero-order chi connectivity index (χ0) is 20.9. The van der Waals surface area contributed by atoms with Gasteiger partial charge in [0.15, 0.2) is 5.11 Å². The van der Waals surface area contributed by atoms with Crippen LogP contribution in [0.5, 0.6) is 0 Å². The summed E-state index contributed by atoms with van der Waals surface area (Å²) in [5.74, 6) is 0. The lowest BCUT2D eigenvalue weighted by Gasteiger charge is -2.26. The van der Waals surface area contributed by atoms with E-state index in [4.69, 9.17) is 12.2 Å². The third kappa shape index (κ3) is 4.39. The number of hydrogen-bond donors (Lipinski definition) is 1. The molecule has 0 radical (unpaired) electrons. The molecule has 0 fully saturated rings. The number of nitrogens with zero attached hydrogens (tertiary/aromatic N) is 2. The van der Waals surface area contributed by atoms with Crippen molar-refractivity contribution in [3.63, 3.8) is 0 Å². The molecule has 1 heterocycles. The van der Waals surface area contributed by atoms with Gasteiger partial charge in [-0.25, -0.2) is 0 Å². The molecule has 3 nitrogen and oxygen atoms in total. The van der Waals surface area contributed by atoms with Crippen molar-refractivity contribution in [1.29, 1.82) is 0 Å². The van der Waals surface area contributed by atoms with Gasteiger partial charge in [0.25, 0.3) is 0 Å². The van der Waals surface area contributed by atoms with E-state index < -0.39 is 0 Å². The van der Waals surface area contributed by atoms with Crippen LogP contribution < -0.4 is 5.32 Å². The zero-order valence-electron chi connectivity index (χ0n) is 17.5. The third-order valence-corrected chi connectivity index (χ3v) is 5.82. The third-order valence-electron chi connectivity index (χ3n) is 5.46. The van der Waals surface area contributed by atoms with Crippen LogP contribution in [0.2, 0.25) is 0 Å². The Hall–Kier alpha value is -3.11. The molecule has 0 saturated carbocycles. The maximum absolute atomic E-state index is 5.88. The lowest BCUT2D eigenvalue weighted by molar-refractivity contribution is 0.414. The molecular formula is C26H27N3S. The van der Waals surface area contributed by atoms with Gasteiger partial charge >= 0.3 is 0 Å². The van der Waals surface area contributed by atoms with E-state index in [1.54, 1.807) is 0 Å². The van der Waals surface area contributed by atoms with Crippen LogP contribution in [0.15, 0.2) is 85.1 Å². The molecule has 30 heavy (non-hydrogen) atoms. The van der Waals surface area contributed by atoms with Crippen molar-refractivity contribution in [2.75, 3.05) is 5.32 Å². The Morgan fingerprint density at radius 2 is 1.60 bits per heavy atom. The Morgan fingerprint density at radius 1 is 0.900 bits per heavy atom. The number of benzene rings is 3. The minimum atomic E-state index is 0.737. The Labute approximate surface area is 184 Å². The number of aromatic nitrogens is 1. The van der Waals surface area contributed by atoms with Crippen molar-refractivity contribution in [3.8, 4) is 0 Å². The van der Waals surface area contributed by atoms with Crippen molar-refractivity contribution < 1.29 is 0 Å². The van der Waals surface area contributed by atoms with Crippen LogP contribution in [-0.2, 0) is 19.6 Å². The molecule has 4 heteroatoms. The van der Waals surface area contributed by atoms with E-state index in [9.17, 15) is 0 Å². The highest BCUT2D eigenvalue weighted by atomic mass is 32.1. The normalized spacial score (nSPS) is 10.9. The first-order valence-electron chi connectivity index (χ1n) is 10.4. The van der Waals surface area contributed by atoms with E-state index in [-0.39, 0.29) is 0 Å². The minimum absolute atomic E-state index is 0.737. The van der Waals surface area contributed by atoms with Gasteiger partial charge in [0.1, 0.15) is 0 Å². The van der Waals surface area contributed by atoms with E-state index in [0.29, 0.717) is 0 Å². The second-order valence-corrected chi connectivity index (χ2v) is 7.93. The first kappa shape index (κ1) is 20.2. The molecule has 1 N–H and O–H groups in total. The predicted octanol–water partition coefficient (Wildman–Crippen LogP) is 6.37. The molecule has 152 valence electrons. The van der Waals surface area contributed by atoms with E-state index in [2.05, 4.69) is 95.5 Å². The molecule has 0 aliphatic heterocycles. The largest absolute Gasteiger partial charge is 0.347 e. The van der Waals surface area contributed by atoms with Crippen molar-refractivity contribution in [2.24, 2.45) is 0 Å². The fourth-order valence-electron chi connectivity index (χ4n) is 3.83. The van der Waals surface area contributed by atoms with Crippen LogP contribution >= 0.6 is 12.2 Å². The Kier molecular flexibility index (Phi) is 6.15. The van der Waals surface area contributed by atoms with E-state index in [1.807, 2.05) is 18.2 Å².